The maximum absolute atomic E-state index is 7.08. The van der Waals surface area contributed by atoms with Crippen molar-refractivity contribution in [2.45, 2.75) is 440 Å². The van der Waals surface area contributed by atoms with Crippen molar-refractivity contribution in [2.75, 3.05) is 39.6 Å². The number of rotatable bonds is 78. The van der Waals surface area contributed by atoms with Crippen LogP contribution in [0.2, 0.25) is 0 Å². The van der Waals surface area contributed by atoms with Crippen molar-refractivity contribution in [1.82, 2.24) is 20.4 Å². The SMILES string of the molecule is CCCCCCCCCCCCOc1cc(COc2cc3cc(c2)c2cccc(c2)nnc2cccc(c2)c2cc(OCc4cc(OCCCCCCCCCCCC)c(OCCCCCCCCCCCC)c(OCCCCCCCCCCCC)c4)cc(c2)c2cccc(c2)nnc2cccc3c2)cc(OCCCCCCCCCCCC)c1OCCCCCCCCCCCC. The van der Waals surface area contributed by atoms with E-state index in [4.69, 9.17) is 58.3 Å². The average molecular weight is 1830 g/mol. The number of benzene rings is 8. The van der Waals surface area contributed by atoms with E-state index in [1.165, 1.54) is 308 Å². The Morgan fingerprint density at radius 3 is 0.537 bits per heavy atom. The number of hydrogen-bond donors (Lipinski definition) is 0. The summed E-state index contributed by atoms with van der Waals surface area (Å²) in [6, 6.07) is 54.9. The summed E-state index contributed by atoms with van der Waals surface area (Å²) >= 11 is 0. The molecule has 0 aliphatic heterocycles. The molecule has 1 heterocycles. The number of hydrogen-bond acceptors (Lipinski definition) is 12. The smallest absolute Gasteiger partial charge is 0.203 e. The number of aromatic nitrogens is 4. The van der Waals surface area contributed by atoms with Crippen LogP contribution in [-0.2, 0) is 13.2 Å². The largest absolute Gasteiger partial charge is 0.490 e. The normalized spacial score (nSPS) is 11.4. The zero-order chi connectivity index (χ0) is 93.7. The Bertz CT molecular complexity index is 4240. The highest BCUT2D eigenvalue weighted by atomic mass is 16.6. The maximum atomic E-state index is 7.08. The summed E-state index contributed by atoms with van der Waals surface area (Å²) in [4.78, 5) is 0. The molecule has 0 saturated heterocycles. The molecule has 12 nitrogen and oxygen atoms in total. The van der Waals surface area contributed by atoms with Crippen LogP contribution in [0, 0.1) is 0 Å². The molecule has 0 atom stereocenters. The van der Waals surface area contributed by atoms with Gasteiger partial charge in [0.15, 0.2) is 23.0 Å². The van der Waals surface area contributed by atoms with Crippen LogP contribution in [0.25, 0.3) is 65.2 Å². The first-order valence-corrected chi connectivity index (χ1v) is 55.2. The minimum atomic E-state index is 0.278. The fourth-order valence-corrected chi connectivity index (χ4v) is 18.3. The minimum Gasteiger partial charge on any atom is -0.490 e. The van der Waals surface area contributed by atoms with E-state index in [-0.39, 0.29) is 13.2 Å². The molecule has 0 saturated carbocycles. The summed E-state index contributed by atoms with van der Waals surface area (Å²) in [7, 11) is 0. The summed E-state index contributed by atoms with van der Waals surface area (Å²) in [5, 5.41) is 27.7. The third-order valence-electron chi connectivity index (χ3n) is 26.6. The molecule has 12 heteroatoms. The molecule has 0 N–H and O–H groups in total. The van der Waals surface area contributed by atoms with Gasteiger partial charge in [0.2, 0.25) is 11.5 Å². The summed E-state index contributed by atoms with van der Waals surface area (Å²) < 4.78 is 55.5. The van der Waals surface area contributed by atoms with Gasteiger partial charge >= 0.3 is 0 Å². The van der Waals surface area contributed by atoms with E-state index in [0.717, 1.165) is 199 Å². The molecule has 9 rings (SSSR count). The van der Waals surface area contributed by atoms with Gasteiger partial charge in [-0.3, -0.25) is 0 Å². The number of nitrogens with zero attached hydrogens (tertiary/aromatic N) is 4. The highest BCUT2D eigenvalue weighted by Gasteiger charge is 2.21. The van der Waals surface area contributed by atoms with E-state index in [1.54, 1.807) is 0 Å². The molecular formula is C122H180N4O8. The monoisotopic (exact) mass is 1830 g/mol. The summed E-state index contributed by atoms with van der Waals surface area (Å²) in [6.45, 7) is 18.0. The van der Waals surface area contributed by atoms with Crippen molar-refractivity contribution in [3.63, 3.8) is 0 Å². The molecule has 0 radical (unpaired) electrons. The van der Waals surface area contributed by atoms with Gasteiger partial charge in [-0.1, -0.05) is 437 Å². The van der Waals surface area contributed by atoms with Gasteiger partial charge in [0.25, 0.3) is 0 Å². The van der Waals surface area contributed by atoms with Gasteiger partial charge < -0.3 is 37.9 Å². The highest BCUT2D eigenvalue weighted by molar-refractivity contribution is 5.96. The lowest BCUT2D eigenvalue weighted by molar-refractivity contribution is 0.232. The maximum Gasteiger partial charge on any atom is 0.203 e. The van der Waals surface area contributed by atoms with Crippen molar-refractivity contribution in [1.29, 1.82) is 0 Å². The Labute approximate surface area is 812 Å². The van der Waals surface area contributed by atoms with Crippen molar-refractivity contribution in [2.24, 2.45) is 0 Å². The van der Waals surface area contributed by atoms with Gasteiger partial charge in [-0.15, -0.1) is 0 Å². The molecule has 1 aromatic heterocycles. The summed E-state index contributed by atoms with van der Waals surface area (Å²) in [5.74, 6) is 5.82. The molecular weight excluding hydrogens is 1650 g/mol. The minimum absolute atomic E-state index is 0.278. The molecule has 12 bridgehead atoms. The lowest BCUT2D eigenvalue weighted by Crippen LogP contribution is -2.08. The summed E-state index contributed by atoms with van der Waals surface area (Å²) in [5.41, 5.74) is 4.81. The number of unbranched alkanes of at least 4 members (excludes halogenated alkanes) is 54. The number of fused-ring (bicyclic) bond motifs is 16. The zero-order valence-corrected chi connectivity index (χ0v) is 85.1. The molecule has 0 amide bonds. The van der Waals surface area contributed by atoms with E-state index in [0.29, 0.717) is 39.6 Å². The highest BCUT2D eigenvalue weighted by Crippen LogP contribution is 2.43. The van der Waals surface area contributed by atoms with E-state index in [9.17, 15) is 0 Å². The summed E-state index contributed by atoms with van der Waals surface area (Å²) in [6.07, 6.45) is 75.9. The average Bonchev–Trinajstić information content (AvgIpc) is 0.803. The van der Waals surface area contributed by atoms with Crippen molar-refractivity contribution in [3.05, 3.63) is 169 Å². The van der Waals surface area contributed by atoms with Crippen LogP contribution < -0.4 is 37.9 Å². The van der Waals surface area contributed by atoms with Crippen molar-refractivity contribution >= 4 is 65.2 Å². The molecule has 736 valence electrons. The predicted molar refractivity (Wildman–Crippen MR) is 572 cm³/mol. The molecule has 134 heavy (non-hydrogen) atoms. The lowest BCUT2D eigenvalue weighted by Gasteiger charge is -2.19. The van der Waals surface area contributed by atoms with Crippen molar-refractivity contribution < 1.29 is 37.9 Å². The molecule has 0 aliphatic rings. The second-order valence-electron chi connectivity index (χ2n) is 38.7. The van der Waals surface area contributed by atoms with Gasteiger partial charge in [0, 0.05) is 0 Å². The zero-order valence-electron chi connectivity index (χ0n) is 85.1. The van der Waals surface area contributed by atoms with Crippen LogP contribution in [0.1, 0.15) is 438 Å². The topological polar surface area (TPSA) is 125 Å². The Hall–Kier alpha value is -8.64. The second-order valence-corrected chi connectivity index (χ2v) is 38.7. The molecule has 0 unspecified atom stereocenters. The quantitative estimate of drug-likeness (QED) is 0.0337. The van der Waals surface area contributed by atoms with E-state index in [2.05, 4.69) is 175 Å². The van der Waals surface area contributed by atoms with Crippen LogP contribution >= 0.6 is 0 Å². The van der Waals surface area contributed by atoms with Gasteiger partial charge in [-0.2, -0.15) is 20.4 Å². The third kappa shape index (κ3) is 45.6. The first kappa shape index (κ1) is 109. The molecule has 0 spiro atoms. The molecule has 0 fully saturated rings. The molecule has 0 aliphatic carbocycles. The van der Waals surface area contributed by atoms with Crippen LogP contribution in [0.4, 0.5) is 0 Å². The molecule has 9 aromatic rings. The fourth-order valence-electron chi connectivity index (χ4n) is 18.3. The Kier molecular flexibility index (Phi) is 57.7. The van der Waals surface area contributed by atoms with Crippen molar-refractivity contribution in [3.8, 4) is 46.0 Å². The predicted octanol–water partition coefficient (Wildman–Crippen LogP) is 38.0. The van der Waals surface area contributed by atoms with Gasteiger partial charge in [0.05, 0.1) is 61.7 Å². The first-order valence-electron chi connectivity index (χ1n) is 55.2. The van der Waals surface area contributed by atoms with Crippen LogP contribution in [0.5, 0.6) is 46.0 Å². The van der Waals surface area contributed by atoms with Gasteiger partial charge in [-0.25, -0.2) is 0 Å². The Morgan fingerprint density at radius 1 is 0.164 bits per heavy atom. The molecule has 8 aromatic carbocycles. The van der Waals surface area contributed by atoms with E-state index < -0.39 is 0 Å². The van der Waals surface area contributed by atoms with Crippen LogP contribution in [0.15, 0.2) is 158 Å². The first-order chi connectivity index (χ1) is 66.3. The Morgan fingerprint density at radius 2 is 0.343 bits per heavy atom. The second kappa shape index (κ2) is 70.9. The Balaban J connectivity index is 1.03. The third-order valence-corrected chi connectivity index (χ3v) is 26.6. The lowest BCUT2D eigenvalue weighted by atomic mass is 10.1. The standard InChI is InChI=1S/C122H180N4O8/c1-7-13-19-25-31-37-43-49-55-61-79-127-117-85-101(86-118(128-80-62-56-50-44-38-32-26-20-14-8-2)121(117)131-83-65-59-53-47-41-35-29-23-17-11-5)99-133-115-95-107-89-108(96-115)104-72-68-76-112(92-104)124-126-114-78-70-74-106(94-114)110-90-109(105-73-69-77-113(93-105)125-123-111-75-67-71-103(107)91-111)97-116(98-110)134-100-102-87-119(129-81-63-57-51-45-39-33-27-21-15-9-3)122(132-84-66-60-54-48-42-36-30-24-18-12-6)120(88-102)130-82-64-58-52-46-40-34-28-22-16-10-4/h67-78,85-98H,7-66,79-84,99-100H2,1-6H3. The fraction of sp³-hybridized carbons (Fsp3) is 0.607. The number of ether oxygens (including phenoxy) is 8. The van der Waals surface area contributed by atoms with E-state index >= 15 is 0 Å². The van der Waals surface area contributed by atoms with E-state index in [1.807, 2.05) is 24.3 Å². The van der Waals surface area contributed by atoms with Gasteiger partial charge in [0.1, 0.15) is 24.7 Å². The van der Waals surface area contributed by atoms with Gasteiger partial charge in [-0.05, 0) is 202 Å². The van der Waals surface area contributed by atoms with Crippen LogP contribution in [0.3, 0.4) is 0 Å². The van der Waals surface area contributed by atoms with Crippen LogP contribution in [-0.4, -0.2) is 60.0 Å².